The fraction of sp³-hybridized carbons (Fsp3) is 0.640. The molecule has 2 N–H and O–H groups in total. The van der Waals surface area contributed by atoms with Crippen molar-refractivity contribution in [3.05, 3.63) is 29.8 Å². The number of rotatable bonds is 7. The van der Waals surface area contributed by atoms with Crippen LogP contribution in [-0.4, -0.2) is 34.8 Å². The Morgan fingerprint density at radius 3 is 2.35 bits per heavy atom. The van der Waals surface area contributed by atoms with Gasteiger partial charge in [0.05, 0.1) is 0 Å². The van der Waals surface area contributed by atoms with Crippen LogP contribution in [0.2, 0.25) is 0 Å². The number of nitrogens with one attached hydrogen (secondary N) is 2. The standard InChI is InChI=1S/C25H37N3O3/c1-6-17(3)18-8-10-20(11-9-18)26-21(29)16-28-22(30)25(27-23(28)31)14-12-19(13-15-25)24(4,5)7-2/h8-11,17,19H,6-7,12-16H2,1-5H3,(H,26,29)(H,27,31)/t17-,19?,25?/m1/s1. The number of carbonyl (C=O) groups is 3. The van der Waals surface area contributed by atoms with E-state index < -0.39 is 11.6 Å². The van der Waals surface area contributed by atoms with Gasteiger partial charge in [0.2, 0.25) is 5.91 Å². The van der Waals surface area contributed by atoms with Crippen LogP contribution in [0.4, 0.5) is 10.5 Å². The number of hydrogen-bond acceptors (Lipinski definition) is 3. The van der Waals surface area contributed by atoms with Crippen LogP contribution in [-0.2, 0) is 9.59 Å². The van der Waals surface area contributed by atoms with Crippen LogP contribution in [0.15, 0.2) is 24.3 Å². The summed E-state index contributed by atoms with van der Waals surface area (Å²) in [6, 6.07) is 7.28. The van der Waals surface area contributed by atoms with Gasteiger partial charge in [-0.3, -0.25) is 14.5 Å². The van der Waals surface area contributed by atoms with E-state index in [9.17, 15) is 14.4 Å². The van der Waals surface area contributed by atoms with Gasteiger partial charge in [0.15, 0.2) is 0 Å². The fourth-order valence-corrected chi connectivity index (χ4v) is 4.81. The van der Waals surface area contributed by atoms with Gasteiger partial charge in [-0.05, 0) is 67.1 Å². The first-order valence-electron chi connectivity index (χ1n) is 11.7. The lowest BCUT2D eigenvalue weighted by atomic mass is 9.65. The first-order valence-corrected chi connectivity index (χ1v) is 11.7. The Hall–Kier alpha value is -2.37. The van der Waals surface area contributed by atoms with Crippen molar-refractivity contribution in [1.29, 1.82) is 0 Å². The first kappa shape index (κ1) is 23.3. The number of nitrogens with zero attached hydrogens (tertiary/aromatic N) is 1. The third-order valence-corrected chi connectivity index (χ3v) is 7.78. The molecule has 6 heteroatoms. The van der Waals surface area contributed by atoms with E-state index in [0.717, 1.165) is 30.6 Å². The lowest BCUT2D eigenvalue weighted by Crippen LogP contribution is -2.51. The predicted octanol–water partition coefficient (Wildman–Crippen LogP) is 5.06. The molecule has 1 aliphatic heterocycles. The summed E-state index contributed by atoms with van der Waals surface area (Å²) >= 11 is 0. The van der Waals surface area contributed by atoms with E-state index in [1.165, 1.54) is 5.56 Å². The molecule has 1 aromatic carbocycles. The van der Waals surface area contributed by atoms with E-state index in [1.807, 2.05) is 24.3 Å². The Labute approximate surface area is 186 Å². The number of benzene rings is 1. The molecule has 0 aromatic heterocycles. The smallest absolute Gasteiger partial charge is 0.325 e. The molecule has 3 rings (SSSR count). The van der Waals surface area contributed by atoms with Crippen LogP contribution in [0.5, 0.6) is 0 Å². The number of carbonyl (C=O) groups excluding carboxylic acids is 3. The molecular weight excluding hydrogens is 390 g/mol. The van der Waals surface area contributed by atoms with Gasteiger partial charge in [-0.25, -0.2) is 4.79 Å². The molecule has 170 valence electrons. The van der Waals surface area contributed by atoms with Crippen molar-refractivity contribution in [3.8, 4) is 0 Å². The molecule has 0 bridgehead atoms. The molecule has 4 amide bonds. The summed E-state index contributed by atoms with van der Waals surface area (Å²) in [5.41, 5.74) is 1.28. The van der Waals surface area contributed by atoms with Crippen molar-refractivity contribution in [2.75, 3.05) is 11.9 Å². The molecule has 1 saturated carbocycles. The van der Waals surface area contributed by atoms with Crippen molar-refractivity contribution < 1.29 is 14.4 Å². The minimum atomic E-state index is -0.838. The molecule has 2 fully saturated rings. The summed E-state index contributed by atoms with van der Waals surface area (Å²) in [7, 11) is 0. The molecule has 6 nitrogen and oxygen atoms in total. The number of hydrogen-bond donors (Lipinski definition) is 2. The SMILES string of the molecule is CC[C@@H](C)c1ccc(NC(=O)CN2C(=O)NC3(CCC(C(C)(C)CC)CC3)C2=O)cc1. The maximum absolute atomic E-state index is 13.1. The highest BCUT2D eigenvalue weighted by atomic mass is 16.2. The molecule has 1 spiro atoms. The molecule has 2 aliphatic rings. The van der Waals surface area contributed by atoms with Crippen LogP contribution in [0, 0.1) is 11.3 Å². The van der Waals surface area contributed by atoms with E-state index in [4.69, 9.17) is 0 Å². The molecule has 1 heterocycles. The van der Waals surface area contributed by atoms with Gasteiger partial charge in [0, 0.05) is 5.69 Å². The molecule has 1 aromatic rings. The quantitative estimate of drug-likeness (QED) is 0.597. The summed E-state index contributed by atoms with van der Waals surface area (Å²) in [6.07, 6.45) is 5.25. The van der Waals surface area contributed by atoms with Gasteiger partial charge in [-0.2, -0.15) is 0 Å². The fourth-order valence-electron chi connectivity index (χ4n) is 4.81. The van der Waals surface area contributed by atoms with Crippen molar-refractivity contribution in [3.63, 3.8) is 0 Å². The van der Waals surface area contributed by atoms with Gasteiger partial charge >= 0.3 is 6.03 Å². The van der Waals surface area contributed by atoms with Gasteiger partial charge in [0.1, 0.15) is 12.1 Å². The molecule has 1 atom stereocenters. The zero-order valence-corrected chi connectivity index (χ0v) is 19.6. The topological polar surface area (TPSA) is 78.5 Å². The Kier molecular flexibility index (Phi) is 6.77. The van der Waals surface area contributed by atoms with Crippen molar-refractivity contribution >= 4 is 23.5 Å². The van der Waals surface area contributed by atoms with Crippen LogP contribution in [0.1, 0.15) is 84.6 Å². The van der Waals surface area contributed by atoms with Crippen LogP contribution >= 0.6 is 0 Å². The Bertz CT molecular complexity index is 823. The summed E-state index contributed by atoms with van der Waals surface area (Å²) in [5.74, 6) is 0.388. The second kappa shape index (κ2) is 9.01. The number of imide groups is 1. The number of anilines is 1. The average Bonchev–Trinajstić information content (AvgIpc) is 2.98. The largest absolute Gasteiger partial charge is 0.325 e. The van der Waals surface area contributed by atoms with Gasteiger partial charge in [-0.1, -0.05) is 53.2 Å². The van der Waals surface area contributed by atoms with Crippen molar-refractivity contribution in [2.45, 2.75) is 84.6 Å². The Morgan fingerprint density at radius 2 is 1.81 bits per heavy atom. The molecule has 1 aliphatic carbocycles. The van der Waals surface area contributed by atoms with E-state index >= 15 is 0 Å². The monoisotopic (exact) mass is 427 g/mol. The highest BCUT2D eigenvalue weighted by molar-refractivity contribution is 6.10. The second-order valence-electron chi connectivity index (χ2n) is 10.00. The minimum absolute atomic E-state index is 0.233. The number of amides is 4. The van der Waals surface area contributed by atoms with Gasteiger partial charge in [0.25, 0.3) is 5.91 Å². The van der Waals surface area contributed by atoms with Crippen molar-refractivity contribution in [2.24, 2.45) is 11.3 Å². The predicted molar refractivity (Wildman–Crippen MR) is 123 cm³/mol. The van der Waals surface area contributed by atoms with Crippen molar-refractivity contribution in [1.82, 2.24) is 10.2 Å². The zero-order chi connectivity index (χ0) is 22.8. The third-order valence-electron chi connectivity index (χ3n) is 7.78. The number of urea groups is 1. The molecule has 1 saturated heterocycles. The summed E-state index contributed by atoms with van der Waals surface area (Å²) in [6.45, 7) is 10.8. The van der Waals surface area contributed by atoms with E-state index in [1.54, 1.807) is 0 Å². The zero-order valence-electron chi connectivity index (χ0n) is 19.6. The van der Waals surface area contributed by atoms with Crippen LogP contribution in [0.25, 0.3) is 0 Å². The molecular formula is C25H37N3O3. The van der Waals surface area contributed by atoms with E-state index in [-0.39, 0.29) is 23.8 Å². The molecule has 0 unspecified atom stereocenters. The van der Waals surface area contributed by atoms with E-state index in [0.29, 0.717) is 30.4 Å². The lowest BCUT2D eigenvalue weighted by molar-refractivity contribution is -0.135. The highest BCUT2D eigenvalue weighted by Gasteiger charge is 2.53. The summed E-state index contributed by atoms with van der Waals surface area (Å²) in [4.78, 5) is 39.3. The molecule has 0 radical (unpaired) electrons. The first-order chi connectivity index (χ1) is 14.6. The van der Waals surface area contributed by atoms with Gasteiger partial charge < -0.3 is 10.6 Å². The molecule has 31 heavy (non-hydrogen) atoms. The van der Waals surface area contributed by atoms with E-state index in [2.05, 4.69) is 45.3 Å². The Morgan fingerprint density at radius 1 is 1.19 bits per heavy atom. The lowest BCUT2D eigenvalue weighted by Gasteiger charge is -2.42. The van der Waals surface area contributed by atoms with Crippen LogP contribution < -0.4 is 10.6 Å². The van der Waals surface area contributed by atoms with Gasteiger partial charge in [-0.15, -0.1) is 0 Å². The third kappa shape index (κ3) is 4.78. The Balaban J connectivity index is 1.59. The average molecular weight is 428 g/mol. The summed E-state index contributed by atoms with van der Waals surface area (Å²) < 4.78 is 0. The second-order valence-corrected chi connectivity index (χ2v) is 10.00. The minimum Gasteiger partial charge on any atom is -0.325 e. The summed E-state index contributed by atoms with van der Waals surface area (Å²) in [5, 5.41) is 5.72. The van der Waals surface area contributed by atoms with Crippen LogP contribution in [0.3, 0.4) is 0 Å². The maximum atomic E-state index is 13.1. The maximum Gasteiger partial charge on any atom is 0.325 e. The normalized spacial score (nSPS) is 24.9. The highest BCUT2D eigenvalue weighted by Crippen LogP contribution is 2.45.